The van der Waals surface area contributed by atoms with E-state index in [-0.39, 0.29) is 18.3 Å². The predicted octanol–water partition coefficient (Wildman–Crippen LogP) is 3.80. The number of piperazine rings is 1. The summed E-state index contributed by atoms with van der Waals surface area (Å²) in [6.45, 7) is 7.78. The summed E-state index contributed by atoms with van der Waals surface area (Å²) in [6, 6.07) is 11.9. The molecule has 10 heteroatoms. The van der Waals surface area contributed by atoms with Crippen molar-refractivity contribution in [1.29, 1.82) is 0 Å². The van der Waals surface area contributed by atoms with Gasteiger partial charge in [-0.15, -0.1) is 0 Å². The minimum Gasteiger partial charge on any atom is -0.454 e. The number of benzene rings is 2. The van der Waals surface area contributed by atoms with E-state index in [0.29, 0.717) is 18.9 Å². The van der Waals surface area contributed by atoms with E-state index in [0.717, 1.165) is 53.5 Å². The molecule has 1 fully saturated rings. The van der Waals surface area contributed by atoms with Crippen molar-refractivity contribution in [3.8, 4) is 11.5 Å². The zero-order valence-corrected chi connectivity index (χ0v) is 19.2. The number of aromatic nitrogens is 2. The van der Waals surface area contributed by atoms with Gasteiger partial charge in [-0.25, -0.2) is 9.97 Å². The van der Waals surface area contributed by atoms with Gasteiger partial charge in [-0.1, -0.05) is 23.8 Å². The molecular weight excluding hydrogens is 436 g/mol. The molecule has 2 aliphatic heterocycles. The molecule has 34 heavy (non-hydrogen) atoms. The Kier molecular flexibility index (Phi) is 5.89. The van der Waals surface area contributed by atoms with Gasteiger partial charge in [0.2, 0.25) is 18.4 Å². The molecule has 0 atom stereocenters. The smallest absolute Gasteiger partial charge is 0.353 e. The molecular formula is C24H26N6O4. The van der Waals surface area contributed by atoms with Crippen LogP contribution >= 0.6 is 0 Å². The second-order valence-electron chi connectivity index (χ2n) is 8.55. The first-order valence-corrected chi connectivity index (χ1v) is 11.2. The molecule has 0 unspecified atom stereocenters. The van der Waals surface area contributed by atoms with Crippen molar-refractivity contribution in [3.05, 3.63) is 69.5 Å². The summed E-state index contributed by atoms with van der Waals surface area (Å²) in [4.78, 5) is 24.4. The number of hydrogen-bond acceptors (Lipinski definition) is 9. The summed E-state index contributed by atoms with van der Waals surface area (Å²) < 4.78 is 10.9. The second-order valence-corrected chi connectivity index (χ2v) is 8.55. The van der Waals surface area contributed by atoms with Crippen LogP contribution in [0.1, 0.15) is 16.7 Å². The highest BCUT2D eigenvalue weighted by atomic mass is 16.7. The fourth-order valence-corrected chi connectivity index (χ4v) is 4.36. The number of ether oxygens (including phenoxy) is 2. The lowest BCUT2D eigenvalue weighted by atomic mass is 10.1. The van der Waals surface area contributed by atoms with Crippen molar-refractivity contribution < 1.29 is 14.4 Å². The van der Waals surface area contributed by atoms with Crippen molar-refractivity contribution in [1.82, 2.24) is 14.9 Å². The Morgan fingerprint density at radius 2 is 1.82 bits per heavy atom. The Balaban J connectivity index is 1.30. The maximum absolute atomic E-state index is 12.0. The van der Waals surface area contributed by atoms with Crippen molar-refractivity contribution in [2.75, 3.05) is 43.2 Å². The minimum absolute atomic E-state index is 0.105. The molecule has 0 bridgehead atoms. The van der Waals surface area contributed by atoms with Gasteiger partial charge < -0.3 is 19.7 Å². The van der Waals surface area contributed by atoms with E-state index in [1.807, 2.05) is 55.1 Å². The number of hydrogen-bond donors (Lipinski definition) is 1. The molecule has 0 spiro atoms. The molecule has 3 aromatic rings. The lowest BCUT2D eigenvalue weighted by molar-refractivity contribution is -0.383. The summed E-state index contributed by atoms with van der Waals surface area (Å²) in [7, 11) is 0. The van der Waals surface area contributed by atoms with E-state index in [2.05, 4.69) is 20.2 Å². The van der Waals surface area contributed by atoms with E-state index in [9.17, 15) is 10.1 Å². The first-order valence-electron chi connectivity index (χ1n) is 11.2. The first kappa shape index (κ1) is 21.9. The minimum atomic E-state index is -0.403. The van der Waals surface area contributed by atoms with Crippen molar-refractivity contribution >= 4 is 23.0 Å². The summed E-state index contributed by atoms with van der Waals surface area (Å²) in [5, 5.41) is 15.2. The molecule has 5 rings (SSSR count). The molecule has 176 valence electrons. The molecule has 0 saturated carbocycles. The quantitative estimate of drug-likeness (QED) is 0.432. The molecule has 10 nitrogen and oxygen atoms in total. The third kappa shape index (κ3) is 4.44. The van der Waals surface area contributed by atoms with Gasteiger partial charge in [0.1, 0.15) is 6.33 Å². The van der Waals surface area contributed by atoms with Crippen molar-refractivity contribution in [3.63, 3.8) is 0 Å². The topological polar surface area (TPSA) is 106 Å². The normalized spacial score (nSPS) is 15.4. The Hall–Kier alpha value is -3.92. The van der Waals surface area contributed by atoms with Crippen LogP contribution in [0.4, 0.5) is 23.0 Å². The zero-order valence-electron chi connectivity index (χ0n) is 19.2. The predicted molar refractivity (Wildman–Crippen MR) is 128 cm³/mol. The van der Waals surface area contributed by atoms with Gasteiger partial charge in [0, 0.05) is 38.4 Å². The third-order valence-corrected chi connectivity index (χ3v) is 6.14. The number of fused-ring (bicyclic) bond motifs is 1. The average Bonchev–Trinajstić information content (AvgIpc) is 3.29. The van der Waals surface area contributed by atoms with Gasteiger partial charge >= 0.3 is 5.69 Å². The van der Waals surface area contributed by atoms with Gasteiger partial charge in [0.25, 0.3) is 0 Å². The van der Waals surface area contributed by atoms with E-state index < -0.39 is 4.92 Å². The van der Waals surface area contributed by atoms with Gasteiger partial charge in [-0.2, -0.15) is 0 Å². The molecule has 1 aromatic heterocycles. The van der Waals surface area contributed by atoms with Gasteiger partial charge in [-0.3, -0.25) is 15.0 Å². The van der Waals surface area contributed by atoms with E-state index >= 15 is 0 Å². The zero-order chi connectivity index (χ0) is 23.7. The van der Waals surface area contributed by atoms with Crippen molar-refractivity contribution in [2.24, 2.45) is 0 Å². The Bertz CT molecular complexity index is 1230. The molecule has 3 heterocycles. The van der Waals surface area contributed by atoms with E-state index in [4.69, 9.17) is 9.47 Å². The monoisotopic (exact) mass is 462 g/mol. The van der Waals surface area contributed by atoms with E-state index in [1.165, 1.54) is 6.33 Å². The number of nitrogens with one attached hydrogen (secondary N) is 1. The van der Waals surface area contributed by atoms with Crippen LogP contribution in [0.5, 0.6) is 11.5 Å². The van der Waals surface area contributed by atoms with E-state index in [1.54, 1.807) is 0 Å². The highest BCUT2D eigenvalue weighted by Crippen LogP contribution is 2.35. The van der Waals surface area contributed by atoms with Gasteiger partial charge in [0.05, 0.1) is 4.92 Å². The first-order chi connectivity index (χ1) is 16.5. The van der Waals surface area contributed by atoms with Crippen LogP contribution in [0.25, 0.3) is 0 Å². The van der Waals surface area contributed by atoms with Crippen LogP contribution in [-0.2, 0) is 6.54 Å². The SMILES string of the molecule is Cc1ccc(Nc2ncnc(N3CCN(Cc4ccc5c(c4)OCO5)CC3)c2[N+](=O)[O-])c(C)c1. The standard InChI is InChI=1S/C24H26N6O4/c1-16-3-5-19(17(2)11-16)27-23-22(30(31)32)24(26-14-25-23)29-9-7-28(8-10-29)13-18-4-6-20-21(12-18)34-15-33-20/h3-6,11-12,14H,7-10,13,15H2,1-2H3,(H,25,26,27). The molecule has 2 aliphatic rings. The fraction of sp³-hybridized carbons (Fsp3) is 0.333. The Labute approximate surface area is 197 Å². The molecule has 2 aromatic carbocycles. The third-order valence-electron chi connectivity index (χ3n) is 6.14. The van der Waals surface area contributed by atoms with Crippen LogP contribution in [0.2, 0.25) is 0 Å². The largest absolute Gasteiger partial charge is 0.454 e. The lowest BCUT2D eigenvalue weighted by Gasteiger charge is -2.35. The van der Waals surface area contributed by atoms with Crippen LogP contribution in [0.3, 0.4) is 0 Å². The van der Waals surface area contributed by atoms with Crippen LogP contribution in [0.15, 0.2) is 42.7 Å². The summed E-state index contributed by atoms with van der Waals surface area (Å²) in [5.74, 6) is 2.09. The number of rotatable bonds is 6. The van der Waals surface area contributed by atoms with Crippen molar-refractivity contribution in [2.45, 2.75) is 20.4 Å². The number of nitro groups is 1. The molecule has 1 N–H and O–H groups in total. The lowest BCUT2D eigenvalue weighted by Crippen LogP contribution is -2.46. The summed E-state index contributed by atoms with van der Waals surface area (Å²) in [5.41, 5.74) is 3.94. The Morgan fingerprint density at radius 1 is 1.03 bits per heavy atom. The van der Waals surface area contributed by atoms with Gasteiger partial charge in [0.15, 0.2) is 11.5 Å². The molecule has 0 aliphatic carbocycles. The fourth-order valence-electron chi connectivity index (χ4n) is 4.36. The number of nitrogens with zero attached hydrogens (tertiary/aromatic N) is 5. The summed E-state index contributed by atoms with van der Waals surface area (Å²) in [6.07, 6.45) is 1.38. The molecule has 1 saturated heterocycles. The molecule has 0 amide bonds. The Morgan fingerprint density at radius 3 is 2.59 bits per heavy atom. The number of aryl methyl sites for hydroxylation is 2. The highest BCUT2D eigenvalue weighted by Gasteiger charge is 2.29. The van der Waals surface area contributed by atoms with Gasteiger partial charge in [-0.05, 0) is 43.2 Å². The average molecular weight is 463 g/mol. The maximum Gasteiger partial charge on any atom is 0.353 e. The van der Waals surface area contributed by atoms with Crippen LogP contribution in [0, 0.1) is 24.0 Å². The summed E-state index contributed by atoms with van der Waals surface area (Å²) >= 11 is 0. The second kappa shape index (κ2) is 9.14. The molecule has 0 radical (unpaired) electrons. The number of anilines is 3. The van der Waals surface area contributed by atoms with Crippen LogP contribution < -0.4 is 19.7 Å². The van der Waals surface area contributed by atoms with Crippen LogP contribution in [-0.4, -0.2) is 52.8 Å². The highest BCUT2D eigenvalue weighted by molar-refractivity contribution is 5.75. The maximum atomic E-state index is 12.0.